The highest BCUT2D eigenvalue weighted by Gasteiger charge is 2.21. The van der Waals surface area contributed by atoms with Crippen molar-refractivity contribution in [1.29, 1.82) is 0 Å². The molecule has 0 amide bonds. The van der Waals surface area contributed by atoms with Gasteiger partial charge in [-0.15, -0.1) is 0 Å². The third kappa shape index (κ3) is 3.99. The van der Waals surface area contributed by atoms with Crippen molar-refractivity contribution in [2.45, 2.75) is 52.5 Å². The molecule has 5 heteroatoms. The van der Waals surface area contributed by atoms with E-state index in [4.69, 9.17) is 0 Å². The van der Waals surface area contributed by atoms with Crippen LogP contribution in [0.2, 0.25) is 0 Å². The smallest absolute Gasteiger partial charge is 0.287 e. The predicted molar refractivity (Wildman–Crippen MR) is 76.4 cm³/mol. The van der Waals surface area contributed by atoms with Gasteiger partial charge in [0, 0.05) is 23.7 Å². The Morgan fingerprint density at radius 2 is 2.16 bits per heavy atom. The lowest BCUT2D eigenvalue weighted by atomic mass is 9.91. The molecule has 0 bridgehead atoms. The molecule has 0 saturated carbocycles. The second-order valence-electron chi connectivity index (χ2n) is 4.91. The standard InChI is InChI=1S/C14H23N3O2/c1-5-7-15-11(4)13(6-2)14-10(3)8-12(9-16-14)17(18)19/h8-9,11,13,15H,5-7H2,1-4H3. The van der Waals surface area contributed by atoms with Gasteiger partial charge in [-0.05, 0) is 38.8 Å². The summed E-state index contributed by atoms with van der Waals surface area (Å²) in [6.45, 7) is 9.27. The van der Waals surface area contributed by atoms with Crippen molar-refractivity contribution in [3.63, 3.8) is 0 Å². The first-order valence-corrected chi connectivity index (χ1v) is 6.85. The number of nitro groups is 1. The van der Waals surface area contributed by atoms with Crippen LogP contribution in [0.5, 0.6) is 0 Å². The summed E-state index contributed by atoms with van der Waals surface area (Å²) in [6, 6.07) is 1.93. The van der Waals surface area contributed by atoms with E-state index in [0.717, 1.165) is 30.6 Å². The molecule has 0 fully saturated rings. The molecule has 0 aromatic carbocycles. The van der Waals surface area contributed by atoms with Crippen molar-refractivity contribution >= 4 is 5.69 Å². The molecule has 5 nitrogen and oxygen atoms in total. The van der Waals surface area contributed by atoms with E-state index >= 15 is 0 Å². The fourth-order valence-corrected chi connectivity index (χ4v) is 2.36. The summed E-state index contributed by atoms with van der Waals surface area (Å²) in [5.41, 5.74) is 1.92. The van der Waals surface area contributed by atoms with Crippen LogP contribution in [0.1, 0.15) is 50.8 Å². The largest absolute Gasteiger partial charge is 0.314 e. The molecule has 106 valence electrons. The quantitative estimate of drug-likeness (QED) is 0.607. The number of aryl methyl sites for hydroxylation is 1. The van der Waals surface area contributed by atoms with E-state index in [9.17, 15) is 10.1 Å². The molecular weight excluding hydrogens is 242 g/mol. The van der Waals surface area contributed by atoms with Gasteiger partial charge in [-0.2, -0.15) is 0 Å². The molecule has 0 saturated heterocycles. The second-order valence-corrected chi connectivity index (χ2v) is 4.91. The molecule has 1 rings (SSSR count). The molecule has 0 aliphatic carbocycles. The fourth-order valence-electron chi connectivity index (χ4n) is 2.36. The van der Waals surface area contributed by atoms with Crippen molar-refractivity contribution in [1.82, 2.24) is 10.3 Å². The number of pyridine rings is 1. The summed E-state index contributed by atoms with van der Waals surface area (Å²) < 4.78 is 0. The van der Waals surface area contributed by atoms with Crippen LogP contribution in [0.25, 0.3) is 0 Å². The van der Waals surface area contributed by atoms with Gasteiger partial charge in [0.05, 0.1) is 4.92 Å². The number of aromatic nitrogens is 1. The van der Waals surface area contributed by atoms with Crippen LogP contribution in [0.15, 0.2) is 12.3 Å². The first kappa shape index (κ1) is 15.6. The van der Waals surface area contributed by atoms with Crippen molar-refractivity contribution in [3.8, 4) is 0 Å². The van der Waals surface area contributed by atoms with E-state index in [0.29, 0.717) is 6.04 Å². The van der Waals surface area contributed by atoms with Gasteiger partial charge in [-0.1, -0.05) is 13.8 Å². The van der Waals surface area contributed by atoms with Crippen molar-refractivity contribution in [3.05, 3.63) is 33.6 Å². The highest BCUT2D eigenvalue weighted by Crippen LogP contribution is 2.26. The van der Waals surface area contributed by atoms with E-state index < -0.39 is 4.92 Å². The van der Waals surface area contributed by atoms with Crippen LogP contribution >= 0.6 is 0 Å². The second kappa shape index (κ2) is 7.19. The number of rotatable bonds is 7. The van der Waals surface area contributed by atoms with Gasteiger partial charge in [-0.25, -0.2) is 0 Å². The number of nitrogens with zero attached hydrogens (tertiary/aromatic N) is 2. The molecule has 1 aromatic heterocycles. The van der Waals surface area contributed by atoms with Gasteiger partial charge < -0.3 is 5.32 Å². The van der Waals surface area contributed by atoms with Crippen LogP contribution in [-0.2, 0) is 0 Å². The summed E-state index contributed by atoms with van der Waals surface area (Å²) in [6.07, 6.45) is 3.41. The van der Waals surface area contributed by atoms with E-state index in [1.54, 1.807) is 6.07 Å². The van der Waals surface area contributed by atoms with Crippen LogP contribution < -0.4 is 5.32 Å². The molecule has 2 unspecified atom stereocenters. The lowest BCUT2D eigenvalue weighted by molar-refractivity contribution is -0.385. The number of hydrogen-bond donors (Lipinski definition) is 1. The molecule has 0 radical (unpaired) electrons. The summed E-state index contributed by atoms with van der Waals surface area (Å²) in [5.74, 6) is 0.285. The Labute approximate surface area is 114 Å². The number of nitrogens with one attached hydrogen (secondary N) is 1. The summed E-state index contributed by atoms with van der Waals surface area (Å²) in [4.78, 5) is 14.7. The summed E-state index contributed by atoms with van der Waals surface area (Å²) in [5, 5.41) is 14.2. The molecule has 1 aromatic rings. The Kier molecular flexibility index (Phi) is 5.89. The molecule has 2 atom stereocenters. The topological polar surface area (TPSA) is 68.1 Å². The maximum atomic E-state index is 10.7. The Morgan fingerprint density at radius 1 is 1.47 bits per heavy atom. The van der Waals surface area contributed by atoms with E-state index in [1.807, 2.05) is 6.92 Å². The van der Waals surface area contributed by atoms with E-state index in [-0.39, 0.29) is 11.6 Å². The Bertz CT molecular complexity index is 435. The van der Waals surface area contributed by atoms with Gasteiger partial charge in [0.25, 0.3) is 5.69 Å². The molecular formula is C14H23N3O2. The third-order valence-corrected chi connectivity index (χ3v) is 3.43. The van der Waals surface area contributed by atoms with Crippen LogP contribution in [0.3, 0.4) is 0 Å². The van der Waals surface area contributed by atoms with Gasteiger partial charge in [0.2, 0.25) is 0 Å². The normalized spacial score (nSPS) is 14.1. The van der Waals surface area contributed by atoms with Crippen LogP contribution in [-0.4, -0.2) is 22.5 Å². The molecule has 0 aliphatic rings. The average Bonchev–Trinajstić information content (AvgIpc) is 2.38. The van der Waals surface area contributed by atoms with Gasteiger partial charge in [0.15, 0.2) is 0 Å². The van der Waals surface area contributed by atoms with Crippen molar-refractivity contribution < 1.29 is 4.92 Å². The van der Waals surface area contributed by atoms with E-state index in [2.05, 4.69) is 31.1 Å². The first-order valence-electron chi connectivity index (χ1n) is 6.85. The minimum Gasteiger partial charge on any atom is -0.314 e. The van der Waals surface area contributed by atoms with Gasteiger partial charge in [-0.3, -0.25) is 15.1 Å². The highest BCUT2D eigenvalue weighted by atomic mass is 16.6. The Balaban J connectivity index is 2.95. The minimum absolute atomic E-state index is 0.0604. The van der Waals surface area contributed by atoms with Gasteiger partial charge >= 0.3 is 0 Å². The molecule has 0 spiro atoms. The van der Waals surface area contributed by atoms with Crippen LogP contribution in [0, 0.1) is 17.0 Å². The molecule has 1 N–H and O–H groups in total. The third-order valence-electron chi connectivity index (χ3n) is 3.43. The Hall–Kier alpha value is -1.49. The molecule has 19 heavy (non-hydrogen) atoms. The maximum Gasteiger partial charge on any atom is 0.287 e. The van der Waals surface area contributed by atoms with Crippen molar-refractivity contribution in [2.75, 3.05) is 6.54 Å². The lowest BCUT2D eigenvalue weighted by Gasteiger charge is -2.24. The lowest BCUT2D eigenvalue weighted by Crippen LogP contribution is -2.33. The van der Waals surface area contributed by atoms with Gasteiger partial charge in [0.1, 0.15) is 6.20 Å². The van der Waals surface area contributed by atoms with Crippen molar-refractivity contribution in [2.24, 2.45) is 0 Å². The van der Waals surface area contributed by atoms with Crippen LogP contribution in [0.4, 0.5) is 5.69 Å². The molecule has 0 aliphatic heterocycles. The fraction of sp³-hybridized carbons (Fsp3) is 0.643. The number of hydrogen-bond acceptors (Lipinski definition) is 4. The Morgan fingerprint density at radius 3 is 2.63 bits per heavy atom. The SMILES string of the molecule is CCCNC(C)C(CC)c1ncc([N+](=O)[O-])cc1C. The molecule has 1 heterocycles. The van der Waals surface area contributed by atoms with E-state index in [1.165, 1.54) is 6.20 Å². The average molecular weight is 265 g/mol. The predicted octanol–water partition coefficient (Wildman–Crippen LogP) is 3.18. The zero-order chi connectivity index (χ0) is 14.4. The summed E-state index contributed by atoms with van der Waals surface area (Å²) >= 11 is 0. The maximum absolute atomic E-state index is 10.7. The first-order chi connectivity index (χ1) is 9.01. The zero-order valence-corrected chi connectivity index (χ0v) is 12.1. The summed E-state index contributed by atoms with van der Waals surface area (Å²) in [7, 11) is 0. The monoisotopic (exact) mass is 265 g/mol. The zero-order valence-electron chi connectivity index (χ0n) is 12.1. The minimum atomic E-state index is -0.399. The highest BCUT2D eigenvalue weighted by molar-refractivity contribution is 5.35.